The first kappa shape index (κ1) is 14.4. The molecule has 0 bridgehead atoms. The van der Waals surface area contributed by atoms with E-state index in [0.29, 0.717) is 16.7 Å². The van der Waals surface area contributed by atoms with Gasteiger partial charge < -0.3 is 14.9 Å². The molecule has 20 heavy (non-hydrogen) atoms. The number of carbonyl (C=O) groups is 1. The van der Waals surface area contributed by atoms with Crippen LogP contribution in [0.25, 0.3) is 11.0 Å². The zero-order valence-electron chi connectivity index (χ0n) is 10.6. The van der Waals surface area contributed by atoms with Crippen molar-refractivity contribution in [2.24, 2.45) is 5.73 Å². The second kappa shape index (κ2) is 5.16. The van der Waals surface area contributed by atoms with Gasteiger partial charge >= 0.3 is 12.1 Å². The lowest BCUT2D eigenvalue weighted by Crippen LogP contribution is -2.20. The number of hydrogen-bond acceptors (Lipinski definition) is 4. The van der Waals surface area contributed by atoms with Gasteiger partial charge in [0.25, 0.3) is 0 Å². The van der Waals surface area contributed by atoms with Crippen LogP contribution in [0.3, 0.4) is 0 Å². The summed E-state index contributed by atoms with van der Waals surface area (Å²) in [7, 11) is 0. The molecule has 1 aromatic carbocycles. The Hall–Kier alpha value is -2.02. The Balaban J connectivity index is 2.37. The van der Waals surface area contributed by atoms with Crippen molar-refractivity contribution in [1.82, 2.24) is 0 Å². The van der Waals surface area contributed by atoms with Gasteiger partial charge in [-0.1, -0.05) is 0 Å². The summed E-state index contributed by atoms with van der Waals surface area (Å²) < 4.78 is 45.8. The minimum Gasteiger partial charge on any atom is -0.459 e. The van der Waals surface area contributed by atoms with E-state index in [1.807, 2.05) is 0 Å². The number of aryl methyl sites for hydroxylation is 1. The van der Waals surface area contributed by atoms with Gasteiger partial charge in [-0.15, -0.1) is 0 Å². The zero-order chi connectivity index (χ0) is 14.9. The number of esters is 1. The summed E-state index contributed by atoms with van der Waals surface area (Å²) in [6, 6.07) is 4.81. The van der Waals surface area contributed by atoms with Crippen molar-refractivity contribution in [3.05, 3.63) is 35.1 Å². The fourth-order valence-corrected chi connectivity index (χ4v) is 1.83. The molecule has 0 aliphatic heterocycles. The van der Waals surface area contributed by atoms with Crippen molar-refractivity contribution in [2.75, 3.05) is 6.61 Å². The molecule has 1 heterocycles. The SMILES string of the molecule is Cc1cc(C(=O)OCC(F)(F)F)c2oc(CN)cc2c1. The van der Waals surface area contributed by atoms with Crippen LogP contribution in [-0.4, -0.2) is 18.8 Å². The van der Waals surface area contributed by atoms with Crippen LogP contribution in [0.5, 0.6) is 0 Å². The van der Waals surface area contributed by atoms with Gasteiger partial charge in [-0.3, -0.25) is 0 Å². The van der Waals surface area contributed by atoms with E-state index in [9.17, 15) is 18.0 Å². The minimum absolute atomic E-state index is 0.0380. The number of hydrogen-bond donors (Lipinski definition) is 1. The van der Waals surface area contributed by atoms with E-state index < -0.39 is 18.8 Å². The third kappa shape index (κ3) is 3.11. The van der Waals surface area contributed by atoms with Crippen molar-refractivity contribution in [3.63, 3.8) is 0 Å². The molecule has 0 aliphatic rings. The van der Waals surface area contributed by atoms with Gasteiger partial charge in [0.05, 0.1) is 6.54 Å². The minimum atomic E-state index is -4.57. The van der Waals surface area contributed by atoms with Crippen molar-refractivity contribution in [2.45, 2.75) is 19.6 Å². The lowest BCUT2D eigenvalue weighted by Gasteiger charge is -2.08. The maximum atomic E-state index is 12.1. The summed E-state index contributed by atoms with van der Waals surface area (Å²) in [5.41, 5.74) is 6.29. The third-order valence-corrected chi connectivity index (χ3v) is 2.60. The van der Waals surface area contributed by atoms with Crippen LogP contribution >= 0.6 is 0 Å². The van der Waals surface area contributed by atoms with Crippen molar-refractivity contribution in [1.29, 1.82) is 0 Å². The van der Waals surface area contributed by atoms with Gasteiger partial charge in [0.1, 0.15) is 16.9 Å². The number of ether oxygens (including phenoxy) is 1. The van der Waals surface area contributed by atoms with E-state index in [0.717, 1.165) is 0 Å². The predicted octanol–water partition coefficient (Wildman–Crippen LogP) is 2.92. The summed E-state index contributed by atoms with van der Waals surface area (Å²) in [6.45, 7) is 0.214. The number of halogens is 3. The molecule has 1 aromatic heterocycles. The molecule has 0 unspecified atom stereocenters. The van der Waals surface area contributed by atoms with Gasteiger partial charge in [0.15, 0.2) is 6.61 Å². The van der Waals surface area contributed by atoms with E-state index in [1.54, 1.807) is 19.1 Å². The number of nitrogens with two attached hydrogens (primary N) is 1. The molecular formula is C13H12F3NO3. The second-order valence-corrected chi connectivity index (χ2v) is 4.34. The molecule has 2 rings (SSSR count). The van der Waals surface area contributed by atoms with Gasteiger partial charge in [0, 0.05) is 5.39 Å². The lowest BCUT2D eigenvalue weighted by molar-refractivity contribution is -0.161. The summed E-state index contributed by atoms with van der Waals surface area (Å²) in [6.07, 6.45) is -4.57. The van der Waals surface area contributed by atoms with Crippen LogP contribution in [-0.2, 0) is 11.3 Å². The highest BCUT2D eigenvalue weighted by atomic mass is 19.4. The topological polar surface area (TPSA) is 65.5 Å². The molecule has 108 valence electrons. The third-order valence-electron chi connectivity index (χ3n) is 2.60. The quantitative estimate of drug-likeness (QED) is 0.881. The highest BCUT2D eigenvalue weighted by molar-refractivity contribution is 6.02. The van der Waals surface area contributed by atoms with Crippen LogP contribution in [0.4, 0.5) is 13.2 Å². The molecule has 0 saturated carbocycles. The molecule has 0 radical (unpaired) electrons. The molecule has 0 fully saturated rings. The molecule has 2 N–H and O–H groups in total. The first-order valence-corrected chi connectivity index (χ1v) is 5.77. The summed E-state index contributed by atoms with van der Waals surface area (Å²) in [5, 5.41) is 0.601. The number of carbonyl (C=O) groups excluding carboxylic acids is 1. The number of rotatable bonds is 3. The van der Waals surface area contributed by atoms with Crippen LogP contribution in [0.15, 0.2) is 22.6 Å². The molecule has 0 amide bonds. The largest absolute Gasteiger partial charge is 0.459 e. The highest BCUT2D eigenvalue weighted by Crippen LogP contribution is 2.26. The molecule has 0 aliphatic carbocycles. The van der Waals surface area contributed by atoms with Gasteiger partial charge in [-0.05, 0) is 30.7 Å². The Morgan fingerprint density at radius 1 is 1.35 bits per heavy atom. The monoisotopic (exact) mass is 287 g/mol. The smallest absolute Gasteiger partial charge is 0.422 e. The molecular weight excluding hydrogens is 275 g/mol. The number of furan rings is 1. The summed E-state index contributed by atoms with van der Waals surface area (Å²) in [5.74, 6) is -0.635. The maximum Gasteiger partial charge on any atom is 0.422 e. The van der Waals surface area contributed by atoms with Gasteiger partial charge in [0.2, 0.25) is 0 Å². The fraction of sp³-hybridized carbons (Fsp3) is 0.308. The number of fused-ring (bicyclic) bond motifs is 1. The van der Waals surface area contributed by atoms with Crippen molar-refractivity contribution >= 4 is 16.9 Å². The molecule has 0 atom stereocenters. The second-order valence-electron chi connectivity index (χ2n) is 4.34. The highest BCUT2D eigenvalue weighted by Gasteiger charge is 2.30. The number of benzene rings is 1. The van der Waals surface area contributed by atoms with E-state index in [2.05, 4.69) is 4.74 Å². The van der Waals surface area contributed by atoms with E-state index >= 15 is 0 Å². The Bertz CT molecular complexity index is 646. The van der Waals surface area contributed by atoms with E-state index in [-0.39, 0.29) is 17.7 Å². The Morgan fingerprint density at radius 2 is 2.05 bits per heavy atom. The molecule has 2 aromatic rings. The number of alkyl halides is 3. The Kier molecular flexibility index (Phi) is 3.71. The van der Waals surface area contributed by atoms with E-state index in [4.69, 9.17) is 10.2 Å². The van der Waals surface area contributed by atoms with Crippen LogP contribution < -0.4 is 5.73 Å². The van der Waals surface area contributed by atoms with Crippen molar-refractivity contribution in [3.8, 4) is 0 Å². The molecule has 7 heteroatoms. The van der Waals surface area contributed by atoms with Gasteiger partial charge in [-0.25, -0.2) is 4.79 Å². The predicted molar refractivity (Wildman–Crippen MR) is 65.2 cm³/mol. The first-order valence-electron chi connectivity index (χ1n) is 5.77. The maximum absolute atomic E-state index is 12.1. The lowest BCUT2D eigenvalue weighted by atomic mass is 10.1. The first-order chi connectivity index (χ1) is 9.30. The van der Waals surface area contributed by atoms with Crippen LogP contribution in [0.2, 0.25) is 0 Å². The summed E-state index contributed by atoms with van der Waals surface area (Å²) in [4.78, 5) is 11.7. The van der Waals surface area contributed by atoms with Crippen molar-refractivity contribution < 1.29 is 27.1 Å². The normalized spacial score (nSPS) is 11.8. The zero-order valence-corrected chi connectivity index (χ0v) is 10.6. The average molecular weight is 287 g/mol. The van der Waals surface area contributed by atoms with Crippen LogP contribution in [0.1, 0.15) is 21.7 Å². The standard InChI is InChI=1S/C13H12F3NO3/c1-7-2-8-4-9(5-17)20-11(8)10(3-7)12(18)19-6-13(14,15)16/h2-4H,5-6,17H2,1H3. The summed E-state index contributed by atoms with van der Waals surface area (Å²) >= 11 is 0. The Morgan fingerprint density at radius 3 is 2.65 bits per heavy atom. The van der Waals surface area contributed by atoms with E-state index in [1.165, 1.54) is 6.07 Å². The Labute approximate surface area is 112 Å². The average Bonchev–Trinajstić information content (AvgIpc) is 2.76. The molecule has 0 spiro atoms. The van der Waals surface area contributed by atoms with Crippen LogP contribution in [0, 0.1) is 6.92 Å². The molecule has 4 nitrogen and oxygen atoms in total. The molecule has 0 saturated heterocycles. The van der Waals surface area contributed by atoms with Gasteiger partial charge in [-0.2, -0.15) is 13.2 Å². The fourth-order valence-electron chi connectivity index (χ4n) is 1.83.